The number of nitrogens with two attached hydrogens (primary N) is 1. The summed E-state index contributed by atoms with van der Waals surface area (Å²) in [6, 6.07) is -0.127. The van der Waals surface area contributed by atoms with Gasteiger partial charge in [0.05, 0.1) is 17.9 Å². The first-order chi connectivity index (χ1) is 9.40. The Bertz CT molecular complexity index is 440. The van der Waals surface area contributed by atoms with Gasteiger partial charge in [0.25, 0.3) is 0 Å². The molecule has 2 unspecified atom stereocenters. The molecule has 0 amide bonds. The first-order valence-electron chi connectivity index (χ1n) is 7.07. The fourth-order valence-electron chi connectivity index (χ4n) is 2.68. The number of nitrogens with zero attached hydrogens (tertiary/aromatic N) is 2. The molecule has 0 saturated carbocycles. The van der Waals surface area contributed by atoms with Crippen LogP contribution in [0.15, 0.2) is 0 Å². The lowest BCUT2D eigenvalue weighted by atomic mass is 10.2. The third-order valence-electron chi connectivity index (χ3n) is 4.08. The molecule has 0 aromatic rings. The second-order valence-electron chi connectivity index (χ2n) is 5.48. The van der Waals surface area contributed by atoms with E-state index >= 15 is 0 Å². The van der Waals surface area contributed by atoms with Crippen LogP contribution in [0.5, 0.6) is 0 Å². The van der Waals surface area contributed by atoms with E-state index in [0.29, 0.717) is 32.8 Å². The average Bonchev–Trinajstić information content (AvgIpc) is 2.90. The Labute approximate surface area is 120 Å². The van der Waals surface area contributed by atoms with E-state index in [9.17, 15) is 8.42 Å². The maximum Gasteiger partial charge on any atom is 0.216 e. The Balaban J connectivity index is 1.87. The number of piperazine rings is 1. The van der Waals surface area contributed by atoms with Crippen molar-refractivity contribution in [1.82, 2.24) is 9.21 Å². The Kier molecular flexibility index (Phi) is 5.00. The van der Waals surface area contributed by atoms with E-state index in [4.69, 9.17) is 15.9 Å². The lowest BCUT2D eigenvalue weighted by Gasteiger charge is -2.37. The van der Waals surface area contributed by atoms with Crippen LogP contribution in [0.2, 0.25) is 0 Å². The second kappa shape index (κ2) is 6.38. The molecule has 0 aromatic heterocycles. The molecule has 116 valence electrons. The Morgan fingerprint density at radius 2 is 2.05 bits per heavy atom. The topological polar surface area (TPSA) is 99.7 Å². The Hall–Kier alpha value is -0.700. The molecule has 2 saturated heterocycles. The van der Waals surface area contributed by atoms with Crippen molar-refractivity contribution in [3.05, 3.63) is 0 Å². The van der Waals surface area contributed by atoms with Gasteiger partial charge in [-0.1, -0.05) is 0 Å². The van der Waals surface area contributed by atoms with Crippen LogP contribution >= 0.6 is 0 Å². The van der Waals surface area contributed by atoms with Gasteiger partial charge in [-0.05, 0) is 19.8 Å². The van der Waals surface area contributed by atoms with E-state index in [1.54, 1.807) is 0 Å². The summed E-state index contributed by atoms with van der Waals surface area (Å²) in [5.41, 5.74) is 5.49. The highest BCUT2D eigenvalue weighted by Gasteiger charge is 2.32. The van der Waals surface area contributed by atoms with E-state index in [1.807, 2.05) is 11.8 Å². The predicted molar refractivity (Wildman–Crippen MR) is 77.3 cm³/mol. The summed E-state index contributed by atoms with van der Waals surface area (Å²) in [5, 5.41) is 7.45. The number of hydrogen-bond acceptors (Lipinski definition) is 5. The van der Waals surface area contributed by atoms with Gasteiger partial charge in [-0.25, -0.2) is 8.42 Å². The van der Waals surface area contributed by atoms with Crippen molar-refractivity contribution in [2.45, 2.75) is 31.9 Å². The fraction of sp³-hybridized carbons (Fsp3) is 0.917. The standard InChI is InChI=1S/C12H24N4O3S/c1-10(12(13)14)15-4-6-16(7-5-15)20(17,18)9-11-3-2-8-19-11/h10-11H,2-9H2,1H3,(H3,13,14). The molecule has 0 bridgehead atoms. The van der Waals surface area contributed by atoms with Crippen molar-refractivity contribution < 1.29 is 13.2 Å². The number of hydrogen-bond donors (Lipinski definition) is 2. The van der Waals surface area contributed by atoms with E-state index in [1.165, 1.54) is 4.31 Å². The van der Waals surface area contributed by atoms with Crippen molar-refractivity contribution in [2.75, 3.05) is 38.5 Å². The zero-order chi connectivity index (χ0) is 14.8. The van der Waals surface area contributed by atoms with Crippen LogP contribution in [0.4, 0.5) is 0 Å². The van der Waals surface area contributed by atoms with Gasteiger partial charge in [-0.15, -0.1) is 0 Å². The Morgan fingerprint density at radius 1 is 1.40 bits per heavy atom. The van der Waals surface area contributed by atoms with E-state index in [0.717, 1.165) is 12.8 Å². The third kappa shape index (κ3) is 3.69. The van der Waals surface area contributed by atoms with Crippen molar-refractivity contribution >= 4 is 15.9 Å². The summed E-state index contributed by atoms with van der Waals surface area (Å²) in [4.78, 5) is 2.04. The molecule has 0 aliphatic carbocycles. The van der Waals surface area contributed by atoms with Crippen LogP contribution in [0.25, 0.3) is 0 Å². The Morgan fingerprint density at radius 3 is 2.55 bits per heavy atom. The zero-order valence-corrected chi connectivity index (χ0v) is 12.7. The summed E-state index contributed by atoms with van der Waals surface area (Å²) < 4.78 is 31.6. The van der Waals surface area contributed by atoms with E-state index in [-0.39, 0.29) is 23.7 Å². The van der Waals surface area contributed by atoms with E-state index < -0.39 is 10.0 Å². The van der Waals surface area contributed by atoms with Gasteiger partial charge < -0.3 is 10.5 Å². The largest absolute Gasteiger partial charge is 0.386 e. The molecular formula is C12H24N4O3S. The number of nitrogens with one attached hydrogen (secondary N) is 1. The SMILES string of the molecule is CC(C(=N)N)N1CCN(S(=O)(=O)CC2CCCO2)CC1. The molecule has 0 aromatic carbocycles. The van der Waals surface area contributed by atoms with Crippen molar-refractivity contribution in [3.8, 4) is 0 Å². The van der Waals surface area contributed by atoms with Crippen LogP contribution in [-0.4, -0.2) is 74.1 Å². The molecule has 0 radical (unpaired) electrons. The molecule has 3 N–H and O–H groups in total. The van der Waals surface area contributed by atoms with Gasteiger partial charge >= 0.3 is 0 Å². The van der Waals surface area contributed by atoms with Crippen LogP contribution in [0.3, 0.4) is 0 Å². The first kappa shape index (κ1) is 15.7. The fourth-order valence-corrected chi connectivity index (χ4v) is 4.35. The summed E-state index contributed by atoms with van der Waals surface area (Å²) >= 11 is 0. The maximum atomic E-state index is 12.3. The molecule has 2 aliphatic rings. The third-order valence-corrected chi connectivity index (χ3v) is 6.03. The van der Waals surface area contributed by atoms with Gasteiger partial charge in [0.1, 0.15) is 5.84 Å². The minimum atomic E-state index is -3.24. The number of rotatable bonds is 5. The smallest absolute Gasteiger partial charge is 0.216 e. The number of amidine groups is 1. The summed E-state index contributed by atoms with van der Waals surface area (Å²) in [7, 11) is -3.24. The number of ether oxygens (including phenoxy) is 1. The molecule has 2 heterocycles. The second-order valence-corrected chi connectivity index (χ2v) is 7.49. The van der Waals surface area contributed by atoms with Crippen molar-refractivity contribution in [3.63, 3.8) is 0 Å². The first-order valence-corrected chi connectivity index (χ1v) is 8.68. The number of sulfonamides is 1. The van der Waals surface area contributed by atoms with Crippen LogP contribution < -0.4 is 5.73 Å². The van der Waals surface area contributed by atoms with Gasteiger partial charge in [-0.2, -0.15) is 4.31 Å². The molecule has 0 spiro atoms. The monoisotopic (exact) mass is 304 g/mol. The minimum absolute atomic E-state index is 0.0925. The summed E-state index contributed by atoms with van der Waals surface area (Å²) in [5.74, 6) is 0.218. The summed E-state index contributed by atoms with van der Waals surface area (Å²) in [6.07, 6.45) is 1.64. The zero-order valence-electron chi connectivity index (χ0n) is 11.9. The average molecular weight is 304 g/mol. The quantitative estimate of drug-likeness (QED) is 0.524. The van der Waals surface area contributed by atoms with Crippen LogP contribution in [-0.2, 0) is 14.8 Å². The molecular weight excluding hydrogens is 280 g/mol. The minimum Gasteiger partial charge on any atom is -0.386 e. The molecule has 2 atom stereocenters. The lowest BCUT2D eigenvalue weighted by molar-refractivity contribution is 0.124. The highest BCUT2D eigenvalue weighted by atomic mass is 32.2. The predicted octanol–water partition coefficient (Wildman–Crippen LogP) is -0.563. The van der Waals surface area contributed by atoms with Crippen molar-refractivity contribution in [1.29, 1.82) is 5.41 Å². The lowest BCUT2D eigenvalue weighted by Crippen LogP contribution is -2.54. The highest BCUT2D eigenvalue weighted by Crippen LogP contribution is 2.17. The van der Waals surface area contributed by atoms with Crippen molar-refractivity contribution in [2.24, 2.45) is 5.73 Å². The summed E-state index contributed by atoms with van der Waals surface area (Å²) in [6.45, 7) is 4.71. The van der Waals surface area contributed by atoms with E-state index in [2.05, 4.69) is 0 Å². The van der Waals surface area contributed by atoms with Gasteiger partial charge in [0.15, 0.2) is 0 Å². The normalized spacial score (nSPS) is 27.6. The molecule has 2 aliphatic heterocycles. The molecule has 2 rings (SSSR count). The maximum absolute atomic E-state index is 12.3. The van der Waals surface area contributed by atoms with Crippen LogP contribution in [0, 0.1) is 5.41 Å². The molecule has 20 heavy (non-hydrogen) atoms. The molecule has 2 fully saturated rings. The molecule has 7 nitrogen and oxygen atoms in total. The molecule has 8 heteroatoms. The highest BCUT2D eigenvalue weighted by molar-refractivity contribution is 7.89. The van der Waals surface area contributed by atoms with Gasteiger partial charge in [-0.3, -0.25) is 10.3 Å². The van der Waals surface area contributed by atoms with Gasteiger partial charge in [0.2, 0.25) is 10.0 Å². The van der Waals surface area contributed by atoms with Gasteiger partial charge in [0, 0.05) is 32.8 Å². The van der Waals surface area contributed by atoms with Crippen LogP contribution in [0.1, 0.15) is 19.8 Å².